The molecule has 6 heteroatoms. The van der Waals surface area contributed by atoms with Crippen LogP contribution in [0.5, 0.6) is 0 Å². The van der Waals surface area contributed by atoms with E-state index in [9.17, 15) is 14.0 Å². The van der Waals surface area contributed by atoms with Crippen molar-refractivity contribution in [1.82, 2.24) is 0 Å². The molecule has 0 saturated carbocycles. The summed E-state index contributed by atoms with van der Waals surface area (Å²) in [6.45, 7) is 8.34. The smallest absolute Gasteiger partial charge is 0.148 e. The van der Waals surface area contributed by atoms with E-state index in [1.54, 1.807) is 0 Å². The number of hydrogen-bond acceptors (Lipinski definition) is 4. The average molecular weight is 393 g/mol. The second-order valence-electron chi connectivity index (χ2n) is 7.23. The highest BCUT2D eigenvalue weighted by molar-refractivity contribution is 8.13. The summed E-state index contributed by atoms with van der Waals surface area (Å²) in [5.41, 5.74) is 2.94. The standard InChI is InChI=1S/C20H21ClO4S/c1-14-12-19(15-8-6-5-7-9-15)26(25-21(22,23)24)18-11-10-16(13-17(14)18)20(2,3)4/h5-13H,1-4H3. The van der Waals surface area contributed by atoms with Gasteiger partial charge in [0.2, 0.25) is 0 Å². The Kier molecular flexibility index (Phi) is 5.14. The van der Waals surface area contributed by atoms with Crippen LogP contribution in [0.3, 0.4) is 0 Å². The largest absolute Gasteiger partial charge is 0.182 e. The summed E-state index contributed by atoms with van der Waals surface area (Å²) in [7, 11) is -5.86. The van der Waals surface area contributed by atoms with Crippen molar-refractivity contribution in [3.05, 3.63) is 75.5 Å². The predicted octanol–water partition coefficient (Wildman–Crippen LogP) is 1.56. The van der Waals surface area contributed by atoms with Crippen LogP contribution in [0, 0.1) is 14.8 Å². The summed E-state index contributed by atoms with van der Waals surface area (Å²) in [4.78, 5) is 0.686. The minimum absolute atomic E-state index is 0.0406. The monoisotopic (exact) mass is 392 g/mol. The van der Waals surface area contributed by atoms with Gasteiger partial charge < -0.3 is 0 Å². The number of benzene rings is 2. The molecule has 0 bridgehead atoms. The Labute approximate surface area is 157 Å². The molecule has 1 aliphatic rings. The van der Waals surface area contributed by atoms with Gasteiger partial charge in [-0.25, -0.2) is 0 Å². The summed E-state index contributed by atoms with van der Waals surface area (Å²) in [6.07, 6.45) is 1.91. The van der Waals surface area contributed by atoms with Crippen molar-refractivity contribution in [3.63, 3.8) is 0 Å². The molecular weight excluding hydrogens is 372 g/mol. The fraction of sp³-hybridized carbons (Fsp3) is 0.250. The highest BCUT2D eigenvalue weighted by Gasteiger charge is 2.29. The van der Waals surface area contributed by atoms with Gasteiger partial charge in [0, 0.05) is 0 Å². The van der Waals surface area contributed by atoms with Crippen LogP contribution in [0.4, 0.5) is 0 Å². The Balaban J connectivity index is 2.32. The molecule has 0 aromatic heterocycles. The third-order valence-electron chi connectivity index (χ3n) is 4.22. The molecule has 4 nitrogen and oxygen atoms in total. The highest BCUT2D eigenvalue weighted by atomic mass is 35.7. The van der Waals surface area contributed by atoms with E-state index >= 15 is 0 Å². The molecular formula is C20H21ClO4S. The molecule has 2 aromatic rings. The van der Waals surface area contributed by atoms with E-state index in [1.807, 2.05) is 55.5 Å². The van der Waals surface area contributed by atoms with E-state index in [1.165, 1.54) is 0 Å². The Morgan fingerprint density at radius 1 is 0.962 bits per heavy atom. The molecule has 0 radical (unpaired) electrons. The lowest BCUT2D eigenvalue weighted by molar-refractivity contribution is -1.91. The molecule has 138 valence electrons. The SMILES string of the molecule is CC1=c2cc(C(C)(C)C)ccc2=S(O[Cl+3]([O-])([O-])[O-])C(c2ccccc2)=C1. The van der Waals surface area contributed by atoms with Crippen molar-refractivity contribution in [1.29, 1.82) is 0 Å². The second-order valence-corrected chi connectivity index (χ2v) is 9.91. The van der Waals surface area contributed by atoms with Crippen LogP contribution in [-0.4, -0.2) is 0 Å². The van der Waals surface area contributed by atoms with Crippen molar-refractivity contribution in [3.8, 4) is 0 Å². The lowest BCUT2D eigenvalue weighted by Gasteiger charge is -2.21. The number of halogens is 1. The third kappa shape index (κ3) is 4.09. The van der Waals surface area contributed by atoms with E-state index < -0.39 is 21.0 Å². The Morgan fingerprint density at radius 2 is 1.62 bits per heavy atom. The summed E-state index contributed by atoms with van der Waals surface area (Å²) in [5.74, 6) is 0. The Bertz CT molecular complexity index is 983. The first-order valence-electron chi connectivity index (χ1n) is 8.17. The molecule has 1 aliphatic heterocycles. The van der Waals surface area contributed by atoms with E-state index in [0.29, 0.717) is 9.42 Å². The third-order valence-corrected chi connectivity index (χ3v) is 6.85. The number of hydrogen-bond donors (Lipinski definition) is 0. The topological polar surface area (TPSA) is 78.4 Å². The van der Waals surface area contributed by atoms with Crippen molar-refractivity contribution in [2.24, 2.45) is 0 Å². The van der Waals surface area contributed by atoms with Crippen molar-refractivity contribution in [2.45, 2.75) is 33.1 Å². The number of allylic oxidation sites excluding steroid dienone is 1. The number of rotatable bonds is 3. The summed E-state index contributed by atoms with van der Waals surface area (Å²) >= 11 is 0. The molecule has 2 aromatic carbocycles. The van der Waals surface area contributed by atoms with Crippen LogP contribution in [0.25, 0.3) is 10.5 Å². The quantitative estimate of drug-likeness (QED) is 0.742. The normalized spacial score (nSPS) is 17.7. The van der Waals surface area contributed by atoms with Gasteiger partial charge in [0.15, 0.2) is 0 Å². The van der Waals surface area contributed by atoms with Crippen LogP contribution in [-0.2, 0) is 9.15 Å². The lowest BCUT2D eigenvalue weighted by atomic mass is 9.86. The maximum atomic E-state index is 11.4. The second kappa shape index (κ2) is 6.93. The van der Waals surface area contributed by atoms with Gasteiger partial charge in [-0.15, -0.1) is 0 Å². The van der Waals surface area contributed by atoms with Crippen LogP contribution in [0.15, 0.2) is 54.6 Å². The highest BCUT2D eigenvalue weighted by Crippen LogP contribution is 2.41. The van der Waals surface area contributed by atoms with E-state index in [-0.39, 0.29) is 5.41 Å². The number of fused-ring (bicyclic) bond motifs is 1. The fourth-order valence-corrected chi connectivity index (χ4v) is 5.49. The average Bonchev–Trinajstić information content (AvgIpc) is 2.56. The summed E-state index contributed by atoms with van der Waals surface area (Å²) < 4.78 is 39.8. The van der Waals surface area contributed by atoms with E-state index in [2.05, 4.69) is 26.8 Å². The van der Waals surface area contributed by atoms with Gasteiger partial charge >= 0.3 is 0 Å². The van der Waals surface area contributed by atoms with Gasteiger partial charge in [0.05, 0.1) is 19.7 Å². The van der Waals surface area contributed by atoms with Crippen molar-refractivity contribution < 1.29 is 28.0 Å². The van der Waals surface area contributed by atoms with Gasteiger partial charge in [-0.05, 0) is 52.5 Å². The molecule has 1 heterocycles. The summed E-state index contributed by atoms with van der Waals surface area (Å²) in [6, 6.07) is 15.3. The molecule has 0 N–H and O–H groups in total. The predicted molar refractivity (Wildman–Crippen MR) is 95.8 cm³/mol. The molecule has 0 fully saturated rings. The minimum Gasteiger partial charge on any atom is -0.182 e. The molecule has 0 spiro atoms. The molecule has 26 heavy (non-hydrogen) atoms. The van der Waals surface area contributed by atoms with Crippen LogP contribution >= 0.6 is 10.8 Å². The van der Waals surface area contributed by atoms with Gasteiger partial charge in [0.25, 0.3) is 0 Å². The van der Waals surface area contributed by atoms with Gasteiger partial charge in [-0.1, -0.05) is 57.2 Å². The van der Waals surface area contributed by atoms with Crippen LogP contribution in [0.2, 0.25) is 0 Å². The Morgan fingerprint density at radius 3 is 2.19 bits per heavy atom. The molecule has 1 atom stereocenters. The first-order chi connectivity index (χ1) is 12.1. The molecule has 3 rings (SSSR count). The zero-order valence-corrected chi connectivity index (χ0v) is 16.7. The minimum atomic E-state index is -4.55. The Hall–Kier alpha value is -1.47. The van der Waals surface area contributed by atoms with Crippen molar-refractivity contribution in [2.75, 3.05) is 0 Å². The lowest BCUT2D eigenvalue weighted by Crippen LogP contribution is -2.60. The molecule has 1 unspecified atom stereocenters. The van der Waals surface area contributed by atoms with Crippen LogP contribution in [0.1, 0.15) is 38.8 Å². The van der Waals surface area contributed by atoms with Gasteiger partial charge in [-0.2, -0.15) is 14.0 Å². The maximum absolute atomic E-state index is 11.4. The molecule has 0 amide bonds. The maximum Gasteiger partial charge on any atom is 0.148 e. The first-order valence-corrected chi connectivity index (χ1v) is 10.6. The zero-order valence-electron chi connectivity index (χ0n) is 15.1. The van der Waals surface area contributed by atoms with Crippen molar-refractivity contribution >= 4 is 21.2 Å². The summed E-state index contributed by atoms with van der Waals surface area (Å²) in [5, 5.41) is 0.916. The molecule has 0 aliphatic carbocycles. The van der Waals surface area contributed by atoms with E-state index in [4.69, 9.17) is 3.74 Å². The van der Waals surface area contributed by atoms with E-state index in [0.717, 1.165) is 21.9 Å². The van der Waals surface area contributed by atoms with Crippen LogP contribution < -0.4 is 19.2 Å². The van der Waals surface area contributed by atoms with Gasteiger partial charge in [-0.3, -0.25) is 0 Å². The van der Waals surface area contributed by atoms with Gasteiger partial charge in [0.1, 0.15) is 14.5 Å². The molecule has 0 saturated heterocycles. The fourth-order valence-electron chi connectivity index (χ4n) is 2.85. The zero-order chi connectivity index (χ0) is 19.1. The first kappa shape index (κ1) is 19.3.